The van der Waals surface area contributed by atoms with Gasteiger partial charge in [-0.25, -0.2) is 20.0 Å². The van der Waals surface area contributed by atoms with E-state index in [1.165, 1.54) is 49.7 Å². The molecule has 0 atom stereocenters. The summed E-state index contributed by atoms with van der Waals surface area (Å²) in [6.45, 7) is 4.50. The van der Waals surface area contributed by atoms with Gasteiger partial charge in [-0.2, -0.15) is 0 Å². The summed E-state index contributed by atoms with van der Waals surface area (Å²) < 4.78 is 11.0. The van der Waals surface area contributed by atoms with Crippen molar-refractivity contribution in [3.05, 3.63) is 142 Å². The van der Waals surface area contributed by atoms with Crippen molar-refractivity contribution < 1.29 is 9.47 Å². The van der Waals surface area contributed by atoms with Crippen molar-refractivity contribution in [3.8, 4) is 11.5 Å². The van der Waals surface area contributed by atoms with E-state index in [4.69, 9.17) is 29.4 Å². The number of allylic oxidation sites excluding steroid dienone is 12. The lowest BCUT2D eigenvalue weighted by atomic mass is 9.98. The fraction of sp³-hybridized carbons (Fsp3) is 0.304. The minimum absolute atomic E-state index is 0.817. The normalized spacial score (nSPS) is 17.5. The molecule has 7 rings (SSSR count). The zero-order valence-electron chi connectivity index (χ0n) is 30.9. The molecule has 0 fully saturated rings. The van der Waals surface area contributed by atoms with E-state index in [-0.39, 0.29) is 0 Å². The second kappa shape index (κ2) is 16.3. The minimum Gasteiger partial charge on any atom is -0.497 e. The Kier molecular flexibility index (Phi) is 11.0. The van der Waals surface area contributed by atoms with Gasteiger partial charge in [-0.3, -0.25) is 0 Å². The smallest absolute Gasteiger partial charge is 0.118 e. The van der Waals surface area contributed by atoms with E-state index < -0.39 is 0 Å². The van der Waals surface area contributed by atoms with Crippen LogP contribution >= 0.6 is 0 Å². The Bertz CT molecular complexity index is 1940. The lowest BCUT2D eigenvalue weighted by Gasteiger charge is -2.13. The summed E-state index contributed by atoms with van der Waals surface area (Å²) in [4.78, 5) is 21.4. The lowest BCUT2D eigenvalue weighted by Crippen LogP contribution is -2.04. The van der Waals surface area contributed by atoms with Gasteiger partial charge in [-0.15, -0.1) is 0 Å². The number of methoxy groups -OCH3 is 2. The second-order valence-electron chi connectivity index (χ2n) is 13.6. The van der Waals surface area contributed by atoms with Gasteiger partial charge in [0.15, 0.2) is 0 Å². The Morgan fingerprint density at radius 1 is 0.404 bits per heavy atom. The molecule has 0 saturated heterocycles. The number of rotatable bonds is 14. The first-order chi connectivity index (χ1) is 25.6. The maximum Gasteiger partial charge on any atom is 0.118 e. The van der Waals surface area contributed by atoms with Crippen LogP contribution in [0.15, 0.2) is 151 Å². The number of aliphatic imine (C=N–C) groups is 4. The SMILES string of the molecule is CCCCCCC1=C2C=CC(=N2)C(c2ccc(OC)cc2)=C2C=CC(=N2)C(CCCCCC)=C2C=CC(=N2)C(c2ccc(OC)cc2)=C2C=CC1=N2. The topological polar surface area (TPSA) is 67.9 Å². The van der Waals surface area contributed by atoms with E-state index in [0.717, 1.165) is 105 Å². The Balaban J connectivity index is 1.45. The van der Waals surface area contributed by atoms with Crippen LogP contribution in [0, 0.1) is 0 Å². The highest BCUT2D eigenvalue weighted by Crippen LogP contribution is 2.37. The van der Waals surface area contributed by atoms with Crippen molar-refractivity contribution in [1.29, 1.82) is 0 Å². The Hall–Kier alpha value is -5.36. The average molecular weight is 689 g/mol. The molecule has 0 unspecified atom stereocenters. The fourth-order valence-electron chi connectivity index (χ4n) is 7.28. The molecule has 5 heterocycles. The molecular weight excluding hydrogens is 641 g/mol. The maximum atomic E-state index is 5.52. The third-order valence-corrected chi connectivity index (χ3v) is 10.1. The molecule has 6 heteroatoms. The van der Waals surface area contributed by atoms with Gasteiger partial charge in [-0.05, 0) is 110 Å². The van der Waals surface area contributed by atoms with Gasteiger partial charge >= 0.3 is 0 Å². The van der Waals surface area contributed by atoms with Crippen molar-refractivity contribution >= 4 is 34.0 Å². The Morgan fingerprint density at radius 3 is 1.15 bits per heavy atom. The predicted octanol–water partition coefficient (Wildman–Crippen LogP) is 11.3. The molecule has 52 heavy (non-hydrogen) atoms. The van der Waals surface area contributed by atoms with Crippen LogP contribution in [0.3, 0.4) is 0 Å². The van der Waals surface area contributed by atoms with E-state index >= 15 is 0 Å². The van der Waals surface area contributed by atoms with Gasteiger partial charge in [-0.1, -0.05) is 76.6 Å². The number of fused-ring (bicyclic) bond motifs is 4. The van der Waals surface area contributed by atoms with Crippen molar-refractivity contribution in [3.63, 3.8) is 0 Å². The summed E-state index contributed by atoms with van der Waals surface area (Å²) in [5, 5.41) is 0. The third-order valence-electron chi connectivity index (χ3n) is 10.1. The van der Waals surface area contributed by atoms with Crippen LogP contribution in [-0.4, -0.2) is 37.1 Å². The minimum atomic E-state index is 0.817. The second-order valence-corrected chi connectivity index (χ2v) is 13.6. The summed E-state index contributed by atoms with van der Waals surface area (Å²) in [5.41, 5.74) is 13.9. The first-order valence-corrected chi connectivity index (χ1v) is 18.9. The molecule has 0 aromatic heterocycles. The number of nitrogens with zero attached hydrogens (tertiary/aromatic N) is 4. The number of unbranched alkanes of at least 4 members (excludes halogenated alkanes) is 6. The van der Waals surface area contributed by atoms with Gasteiger partial charge in [0.25, 0.3) is 0 Å². The van der Waals surface area contributed by atoms with Crippen LogP contribution in [0.5, 0.6) is 11.5 Å². The third kappa shape index (κ3) is 7.48. The molecular formula is C46H48N4O2. The monoisotopic (exact) mass is 688 g/mol. The Morgan fingerprint density at radius 2 is 0.769 bits per heavy atom. The largest absolute Gasteiger partial charge is 0.497 e. The first kappa shape index (κ1) is 35.1. The summed E-state index contributed by atoms with van der Waals surface area (Å²) in [6.07, 6.45) is 28.3. The van der Waals surface area contributed by atoms with Crippen LogP contribution in [0.2, 0.25) is 0 Å². The summed E-state index contributed by atoms with van der Waals surface area (Å²) in [7, 11) is 3.40. The summed E-state index contributed by atoms with van der Waals surface area (Å²) in [6, 6.07) is 16.4. The highest BCUT2D eigenvalue weighted by molar-refractivity contribution is 6.34. The zero-order valence-corrected chi connectivity index (χ0v) is 30.9. The van der Waals surface area contributed by atoms with Gasteiger partial charge in [0, 0.05) is 22.3 Å². The van der Waals surface area contributed by atoms with E-state index in [1.807, 2.05) is 24.3 Å². The van der Waals surface area contributed by atoms with Crippen molar-refractivity contribution in [2.75, 3.05) is 14.2 Å². The van der Waals surface area contributed by atoms with Gasteiger partial charge in [0.2, 0.25) is 0 Å². The highest BCUT2D eigenvalue weighted by atomic mass is 16.5. The van der Waals surface area contributed by atoms with Crippen LogP contribution < -0.4 is 9.47 Å². The molecule has 6 nitrogen and oxygen atoms in total. The molecule has 5 aliphatic rings. The van der Waals surface area contributed by atoms with E-state index in [9.17, 15) is 0 Å². The average Bonchev–Trinajstić information content (AvgIpc) is 4.02. The van der Waals surface area contributed by atoms with Gasteiger partial charge in [0.05, 0.1) is 59.9 Å². The number of benzene rings is 2. The van der Waals surface area contributed by atoms with E-state index in [2.05, 4.69) is 86.7 Å². The number of hydrogen-bond acceptors (Lipinski definition) is 6. The molecule has 0 amide bonds. The van der Waals surface area contributed by atoms with Gasteiger partial charge in [0.1, 0.15) is 11.5 Å². The van der Waals surface area contributed by atoms with Gasteiger partial charge < -0.3 is 9.47 Å². The fourth-order valence-corrected chi connectivity index (χ4v) is 7.28. The molecule has 0 saturated carbocycles. The number of ether oxygens (including phenoxy) is 2. The Labute approximate surface area is 308 Å². The van der Waals surface area contributed by atoms with Crippen LogP contribution in [0.4, 0.5) is 0 Å². The van der Waals surface area contributed by atoms with Crippen molar-refractivity contribution in [2.45, 2.75) is 78.1 Å². The molecule has 2 aromatic carbocycles. The predicted molar refractivity (Wildman–Crippen MR) is 218 cm³/mol. The van der Waals surface area contributed by atoms with Crippen LogP contribution in [0.25, 0.3) is 11.1 Å². The zero-order chi connectivity index (χ0) is 35.9. The first-order valence-electron chi connectivity index (χ1n) is 18.9. The van der Waals surface area contributed by atoms with E-state index in [1.54, 1.807) is 14.2 Å². The van der Waals surface area contributed by atoms with Crippen LogP contribution in [0.1, 0.15) is 89.2 Å². The molecule has 0 radical (unpaired) electrons. The summed E-state index contributed by atoms with van der Waals surface area (Å²) >= 11 is 0. The van der Waals surface area contributed by atoms with E-state index in [0.29, 0.717) is 0 Å². The van der Waals surface area contributed by atoms with Crippen molar-refractivity contribution in [2.24, 2.45) is 20.0 Å². The molecule has 5 aliphatic heterocycles. The molecule has 264 valence electrons. The molecule has 8 bridgehead atoms. The number of hydrogen-bond donors (Lipinski definition) is 0. The molecule has 0 spiro atoms. The molecule has 2 aromatic rings. The summed E-state index contributed by atoms with van der Waals surface area (Å²) in [5.74, 6) is 1.63. The maximum absolute atomic E-state index is 5.52. The van der Waals surface area contributed by atoms with Crippen LogP contribution in [-0.2, 0) is 0 Å². The highest BCUT2D eigenvalue weighted by Gasteiger charge is 2.26. The quantitative estimate of drug-likeness (QED) is 0.185. The lowest BCUT2D eigenvalue weighted by molar-refractivity contribution is 0.414. The van der Waals surface area contributed by atoms with Crippen molar-refractivity contribution in [1.82, 2.24) is 0 Å². The molecule has 0 aliphatic carbocycles. The molecule has 0 N–H and O–H groups in total. The standard InChI is InChI=1S/C46H48N4O2/c1-5-7-9-11-13-35-37-23-27-41(47-37)45(31-15-19-33(51-3)20-16-31)43-29-25-39(49-43)36(14-12-10-8-6-2)40-26-30-44(50-40)46(42-28-24-38(35)48-42)32-17-21-34(52-4)22-18-32/h15-30H,5-14H2,1-4H3.